The average Bonchev–Trinajstić information content (AvgIpc) is 3.14. The van der Waals surface area contributed by atoms with Crippen molar-refractivity contribution < 1.29 is 13.2 Å². The Morgan fingerprint density at radius 2 is 1.80 bits per heavy atom. The van der Waals surface area contributed by atoms with E-state index < -0.39 is 10.0 Å². The van der Waals surface area contributed by atoms with E-state index in [4.69, 9.17) is 0 Å². The van der Waals surface area contributed by atoms with Gasteiger partial charge in [0.25, 0.3) is 5.91 Å². The molecule has 25 heavy (non-hydrogen) atoms. The van der Waals surface area contributed by atoms with Crippen LogP contribution in [-0.4, -0.2) is 51.4 Å². The van der Waals surface area contributed by atoms with Crippen LogP contribution in [0.3, 0.4) is 0 Å². The van der Waals surface area contributed by atoms with Gasteiger partial charge < -0.3 is 10.2 Å². The molecule has 0 aliphatic carbocycles. The van der Waals surface area contributed by atoms with Crippen LogP contribution in [-0.2, 0) is 10.0 Å². The largest absolute Gasteiger partial charge is 0.369 e. The summed E-state index contributed by atoms with van der Waals surface area (Å²) >= 11 is 1.16. The first kappa shape index (κ1) is 17.9. The third kappa shape index (κ3) is 3.70. The van der Waals surface area contributed by atoms with Gasteiger partial charge in [-0.1, -0.05) is 18.2 Å². The predicted octanol–water partition coefficient (Wildman–Crippen LogP) is 2.01. The molecule has 1 saturated heterocycles. The van der Waals surface area contributed by atoms with E-state index in [-0.39, 0.29) is 15.7 Å². The van der Waals surface area contributed by atoms with Crippen molar-refractivity contribution in [3.05, 3.63) is 46.7 Å². The van der Waals surface area contributed by atoms with Gasteiger partial charge >= 0.3 is 0 Å². The van der Waals surface area contributed by atoms with Crippen LogP contribution < -0.4 is 10.2 Å². The number of nitrogens with zero attached hydrogens (tertiary/aromatic N) is 2. The molecule has 1 N–H and O–H groups in total. The van der Waals surface area contributed by atoms with Crippen molar-refractivity contribution >= 4 is 33.0 Å². The van der Waals surface area contributed by atoms with Crippen LogP contribution in [0.2, 0.25) is 0 Å². The first-order chi connectivity index (χ1) is 12.0. The zero-order chi connectivity index (χ0) is 17.9. The van der Waals surface area contributed by atoms with Gasteiger partial charge in [-0.15, -0.1) is 11.3 Å². The molecule has 1 fully saturated rings. The Hall–Kier alpha value is -1.90. The van der Waals surface area contributed by atoms with E-state index >= 15 is 0 Å². The lowest BCUT2D eigenvalue weighted by Crippen LogP contribution is -2.48. The lowest BCUT2D eigenvalue weighted by atomic mass is 10.2. The minimum Gasteiger partial charge on any atom is -0.369 e. The highest BCUT2D eigenvalue weighted by molar-refractivity contribution is 7.89. The van der Waals surface area contributed by atoms with Crippen molar-refractivity contribution in [1.29, 1.82) is 0 Å². The van der Waals surface area contributed by atoms with E-state index in [1.165, 1.54) is 10.4 Å². The fourth-order valence-electron chi connectivity index (χ4n) is 2.87. The highest BCUT2D eigenvalue weighted by Crippen LogP contribution is 2.27. The highest BCUT2D eigenvalue weighted by Gasteiger charge is 2.32. The molecule has 2 heterocycles. The van der Waals surface area contributed by atoms with Gasteiger partial charge in [-0.05, 0) is 30.5 Å². The summed E-state index contributed by atoms with van der Waals surface area (Å²) in [6.45, 7) is 4.34. The van der Waals surface area contributed by atoms with E-state index in [0.717, 1.165) is 17.0 Å². The van der Waals surface area contributed by atoms with Gasteiger partial charge in [0.15, 0.2) is 0 Å². The SMILES string of the molecule is CCNC(=O)c1sccc1S(=O)(=O)N1CCN(c2ccccc2)CC1. The van der Waals surface area contributed by atoms with Gasteiger partial charge in [0.1, 0.15) is 9.77 Å². The first-order valence-electron chi connectivity index (χ1n) is 8.20. The quantitative estimate of drug-likeness (QED) is 0.863. The maximum atomic E-state index is 13.0. The van der Waals surface area contributed by atoms with Crippen molar-refractivity contribution in [2.45, 2.75) is 11.8 Å². The van der Waals surface area contributed by atoms with Crippen molar-refractivity contribution in [1.82, 2.24) is 9.62 Å². The molecule has 1 aliphatic heterocycles. The number of sulfonamides is 1. The van der Waals surface area contributed by atoms with E-state index in [2.05, 4.69) is 10.2 Å². The number of carbonyl (C=O) groups excluding carboxylic acids is 1. The molecule has 1 aromatic heterocycles. The number of hydrogen-bond acceptors (Lipinski definition) is 5. The Balaban J connectivity index is 1.75. The maximum absolute atomic E-state index is 13.0. The second-order valence-electron chi connectivity index (χ2n) is 5.70. The van der Waals surface area contributed by atoms with E-state index in [1.54, 1.807) is 5.38 Å². The summed E-state index contributed by atoms with van der Waals surface area (Å²) in [5, 5.41) is 4.32. The van der Waals surface area contributed by atoms with Crippen LogP contribution in [0.15, 0.2) is 46.7 Å². The van der Waals surface area contributed by atoms with Gasteiger partial charge in [-0.3, -0.25) is 4.79 Å². The Morgan fingerprint density at radius 1 is 1.12 bits per heavy atom. The van der Waals surface area contributed by atoms with Crippen molar-refractivity contribution in [3.8, 4) is 0 Å². The molecule has 8 heteroatoms. The van der Waals surface area contributed by atoms with E-state index in [1.807, 2.05) is 37.3 Å². The van der Waals surface area contributed by atoms with Gasteiger partial charge in [0, 0.05) is 38.4 Å². The van der Waals surface area contributed by atoms with Crippen LogP contribution >= 0.6 is 11.3 Å². The Kier molecular flexibility index (Phi) is 5.41. The maximum Gasteiger partial charge on any atom is 0.262 e. The highest BCUT2D eigenvalue weighted by atomic mass is 32.2. The number of benzene rings is 1. The van der Waals surface area contributed by atoms with Crippen LogP contribution in [0, 0.1) is 0 Å². The normalized spacial score (nSPS) is 16.0. The third-order valence-electron chi connectivity index (χ3n) is 4.15. The number of hydrogen-bond donors (Lipinski definition) is 1. The number of thiophene rings is 1. The summed E-state index contributed by atoms with van der Waals surface area (Å²) in [5.41, 5.74) is 1.10. The molecular formula is C17H21N3O3S2. The zero-order valence-electron chi connectivity index (χ0n) is 14.0. The molecule has 1 aliphatic rings. The topological polar surface area (TPSA) is 69.7 Å². The molecule has 0 atom stereocenters. The second-order valence-corrected chi connectivity index (χ2v) is 8.52. The van der Waals surface area contributed by atoms with Gasteiger partial charge in [-0.2, -0.15) is 4.31 Å². The number of nitrogens with one attached hydrogen (secondary N) is 1. The van der Waals surface area contributed by atoms with E-state index in [9.17, 15) is 13.2 Å². The summed E-state index contributed by atoms with van der Waals surface area (Å²) in [7, 11) is -3.66. The number of para-hydroxylation sites is 1. The van der Waals surface area contributed by atoms with Crippen molar-refractivity contribution in [2.24, 2.45) is 0 Å². The Labute approximate surface area is 152 Å². The smallest absolute Gasteiger partial charge is 0.262 e. The fourth-order valence-corrected chi connectivity index (χ4v) is 5.61. The summed E-state index contributed by atoms with van der Waals surface area (Å²) in [5.74, 6) is -0.334. The van der Waals surface area contributed by atoms with Crippen molar-refractivity contribution in [3.63, 3.8) is 0 Å². The number of piperazine rings is 1. The number of amides is 1. The van der Waals surface area contributed by atoms with Gasteiger partial charge in [0.05, 0.1) is 0 Å². The van der Waals surface area contributed by atoms with Gasteiger partial charge in [0.2, 0.25) is 10.0 Å². The molecular weight excluding hydrogens is 358 g/mol. The number of carbonyl (C=O) groups is 1. The lowest BCUT2D eigenvalue weighted by molar-refractivity contribution is 0.0956. The first-order valence-corrected chi connectivity index (χ1v) is 10.5. The number of anilines is 1. The molecule has 3 rings (SSSR count). The van der Waals surface area contributed by atoms with E-state index in [0.29, 0.717) is 32.7 Å². The van der Waals surface area contributed by atoms with Gasteiger partial charge in [-0.25, -0.2) is 8.42 Å². The molecule has 1 amide bonds. The Bertz CT molecular complexity index is 826. The molecule has 1 aromatic carbocycles. The predicted molar refractivity (Wildman–Crippen MR) is 99.7 cm³/mol. The van der Waals surface area contributed by atoms with Crippen LogP contribution in [0.25, 0.3) is 0 Å². The molecule has 0 unspecified atom stereocenters. The average molecular weight is 380 g/mol. The lowest BCUT2D eigenvalue weighted by Gasteiger charge is -2.35. The minimum atomic E-state index is -3.66. The molecule has 0 bridgehead atoms. The molecule has 0 spiro atoms. The summed E-state index contributed by atoms with van der Waals surface area (Å²) in [4.78, 5) is 14.6. The number of rotatable bonds is 5. The molecule has 0 saturated carbocycles. The minimum absolute atomic E-state index is 0.108. The van der Waals surface area contributed by atoms with Crippen LogP contribution in [0.1, 0.15) is 16.6 Å². The van der Waals surface area contributed by atoms with Crippen LogP contribution in [0.4, 0.5) is 5.69 Å². The molecule has 6 nitrogen and oxygen atoms in total. The molecule has 0 radical (unpaired) electrons. The summed E-state index contributed by atoms with van der Waals surface area (Å²) in [6.07, 6.45) is 0. The van der Waals surface area contributed by atoms with Crippen LogP contribution in [0.5, 0.6) is 0 Å². The second kappa shape index (κ2) is 7.55. The zero-order valence-corrected chi connectivity index (χ0v) is 15.6. The molecule has 2 aromatic rings. The molecule has 134 valence electrons. The van der Waals surface area contributed by atoms with Crippen molar-refractivity contribution in [2.75, 3.05) is 37.6 Å². The standard InChI is InChI=1S/C17H21N3O3S2/c1-2-18-17(21)16-15(8-13-24-16)25(22,23)20-11-9-19(10-12-20)14-6-4-3-5-7-14/h3-8,13H,2,9-12H2,1H3,(H,18,21). The summed E-state index contributed by atoms with van der Waals surface area (Å²) in [6, 6.07) is 11.5. The third-order valence-corrected chi connectivity index (χ3v) is 7.13. The summed E-state index contributed by atoms with van der Waals surface area (Å²) < 4.78 is 27.4. The fraction of sp³-hybridized carbons (Fsp3) is 0.353. The Morgan fingerprint density at radius 3 is 2.44 bits per heavy atom. The monoisotopic (exact) mass is 379 g/mol.